The SMILES string of the molecule is COc1ccc(NC(=O)[C@H](C)[NH+]2CCC(C(N)=O)CC2)cc1. The van der Waals surface area contributed by atoms with Crippen LogP contribution in [0.15, 0.2) is 24.3 Å². The van der Waals surface area contributed by atoms with Crippen molar-refractivity contribution >= 4 is 17.5 Å². The Morgan fingerprint density at radius 2 is 1.86 bits per heavy atom. The molecule has 6 heteroatoms. The molecule has 2 rings (SSSR count). The third kappa shape index (κ3) is 3.98. The zero-order chi connectivity index (χ0) is 16.1. The molecule has 0 saturated carbocycles. The average Bonchev–Trinajstić information content (AvgIpc) is 2.55. The second-order valence-corrected chi connectivity index (χ2v) is 5.77. The van der Waals surface area contributed by atoms with Gasteiger partial charge in [0.1, 0.15) is 5.75 Å². The average molecular weight is 306 g/mol. The molecule has 1 fully saturated rings. The number of benzene rings is 1. The fourth-order valence-corrected chi connectivity index (χ4v) is 2.82. The van der Waals surface area contributed by atoms with Gasteiger partial charge in [0.15, 0.2) is 6.04 Å². The van der Waals surface area contributed by atoms with Crippen molar-refractivity contribution in [1.82, 2.24) is 0 Å². The number of amides is 2. The lowest BCUT2D eigenvalue weighted by molar-refractivity contribution is -0.919. The van der Waals surface area contributed by atoms with E-state index in [1.54, 1.807) is 7.11 Å². The standard InChI is InChI=1S/C16H23N3O3/c1-11(19-9-7-12(8-10-19)15(17)20)16(21)18-13-3-5-14(22-2)6-4-13/h3-6,11-12H,7-10H2,1-2H3,(H2,17,20)(H,18,21)/p+1/t11-/m0/s1. The van der Waals surface area contributed by atoms with Gasteiger partial charge in [0.25, 0.3) is 5.91 Å². The highest BCUT2D eigenvalue weighted by Gasteiger charge is 2.31. The van der Waals surface area contributed by atoms with Crippen LogP contribution in [-0.4, -0.2) is 38.1 Å². The summed E-state index contributed by atoms with van der Waals surface area (Å²) in [5.74, 6) is 0.470. The minimum absolute atomic E-state index is 0.0160. The van der Waals surface area contributed by atoms with Crippen molar-refractivity contribution in [2.24, 2.45) is 11.7 Å². The number of piperidine rings is 1. The molecule has 0 unspecified atom stereocenters. The first-order valence-electron chi connectivity index (χ1n) is 7.60. The van der Waals surface area contributed by atoms with Gasteiger partial charge in [0.05, 0.1) is 20.2 Å². The summed E-state index contributed by atoms with van der Waals surface area (Å²) in [4.78, 5) is 24.7. The Balaban J connectivity index is 1.88. The third-order valence-corrected chi connectivity index (χ3v) is 4.39. The minimum Gasteiger partial charge on any atom is -0.497 e. The number of rotatable bonds is 5. The Morgan fingerprint density at radius 3 is 2.36 bits per heavy atom. The van der Waals surface area contributed by atoms with Crippen molar-refractivity contribution < 1.29 is 19.2 Å². The number of nitrogens with two attached hydrogens (primary N) is 1. The molecule has 1 heterocycles. The summed E-state index contributed by atoms with van der Waals surface area (Å²) in [5.41, 5.74) is 6.09. The van der Waals surface area contributed by atoms with Gasteiger partial charge in [-0.1, -0.05) is 0 Å². The van der Waals surface area contributed by atoms with Gasteiger partial charge in [-0.25, -0.2) is 0 Å². The highest BCUT2D eigenvalue weighted by atomic mass is 16.5. The number of ether oxygens (including phenoxy) is 1. The molecule has 0 bridgehead atoms. The normalized spacial score (nSPS) is 22.6. The Hall–Kier alpha value is -2.08. The Bertz CT molecular complexity index is 522. The number of primary amides is 1. The lowest BCUT2D eigenvalue weighted by atomic mass is 9.95. The Kier molecular flexibility index (Phi) is 5.38. The molecule has 1 saturated heterocycles. The van der Waals surface area contributed by atoms with Crippen molar-refractivity contribution in [1.29, 1.82) is 0 Å². The van der Waals surface area contributed by atoms with Crippen LogP contribution in [0.2, 0.25) is 0 Å². The molecule has 1 atom stereocenters. The molecular formula is C16H24N3O3+. The molecule has 1 aliphatic heterocycles. The lowest BCUT2D eigenvalue weighted by Gasteiger charge is -2.31. The quantitative estimate of drug-likeness (QED) is 0.704. The van der Waals surface area contributed by atoms with E-state index in [4.69, 9.17) is 10.5 Å². The first-order chi connectivity index (χ1) is 10.5. The number of methoxy groups -OCH3 is 1. The van der Waals surface area contributed by atoms with E-state index < -0.39 is 0 Å². The van der Waals surface area contributed by atoms with Gasteiger partial charge >= 0.3 is 0 Å². The monoisotopic (exact) mass is 306 g/mol. The number of nitrogens with one attached hydrogen (secondary N) is 2. The number of anilines is 1. The van der Waals surface area contributed by atoms with Crippen molar-refractivity contribution in [3.05, 3.63) is 24.3 Å². The number of quaternary nitrogens is 1. The summed E-state index contributed by atoms with van der Waals surface area (Å²) < 4.78 is 5.09. The van der Waals surface area contributed by atoms with Gasteiger partial charge in [0.2, 0.25) is 5.91 Å². The summed E-state index contributed by atoms with van der Waals surface area (Å²) in [6.07, 6.45) is 1.51. The van der Waals surface area contributed by atoms with Crippen molar-refractivity contribution in [3.8, 4) is 5.75 Å². The van der Waals surface area contributed by atoms with Gasteiger partial charge in [-0.05, 0) is 31.2 Å². The first-order valence-corrected chi connectivity index (χ1v) is 7.60. The fourth-order valence-electron chi connectivity index (χ4n) is 2.82. The van der Waals surface area contributed by atoms with Gasteiger partial charge in [-0.3, -0.25) is 9.59 Å². The first kappa shape index (κ1) is 16.3. The molecule has 1 aromatic rings. The summed E-state index contributed by atoms with van der Waals surface area (Å²) in [6, 6.07) is 7.10. The zero-order valence-electron chi connectivity index (χ0n) is 13.1. The summed E-state index contributed by atoms with van der Waals surface area (Å²) >= 11 is 0. The summed E-state index contributed by atoms with van der Waals surface area (Å²) in [5, 5.41) is 2.92. The van der Waals surface area contributed by atoms with Crippen LogP contribution in [0.4, 0.5) is 5.69 Å². The maximum absolute atomic E-state index is 12.3. The van der Waals surface area contributed by atoms with E-state index in [0.29, 0.717) is 0 Å². The van der Waals surface area contributed by atoms with E-state index in [9.17, 15) is 9.59 Å². The smallest absolute Gasteiger partial charge is 0.282 e. The van der Waals surface area contributed by atoms with Crippen LogP contribution in [0.25, 0.3) is 0 Å². The van der Waals surface area contributed by atoms with E-state index >= 15 is 0 Å². The van der Waals surface area contributed by atoms with Gasteiger partial charge in [0, 0.05) is 24.4 Å². The fraction of sp³-hybridized carbons (Fsp3) is 0.500. The molecule has 1 aromatic carbocycles. The number of carbonyl (C=O) groups is 2. The molecular weight excluding hydrogens is 282 g/mol. The van der Waals surface area contributed by atoms with Crippen molar-refractivity contribution in [3.63, 3.8) is 0 Å². The van der Waals surface area contributed by atoms with Crippen LogP contribution in [0.3, 0.4) is 0 Å². The van der Waals surface area contributed by atoms with E-state index in [0.717, 1.165) is 37.4 Å². The van der Waals surface area contributed by atoms with Crippen LogP contribution >= 0.6 is 0 Å². The van der Waals surface area contributed by atoms with E-state index in [1.165, 1.54) is 4.90 Å². The van der Waals surface area contributed by atoms with Gasteiger partial charge in [-0.2, -0.15) is 0 Å². The lowest BCUT2D eigenvalue weighted by Crippen LogP contribution is -3.17. The summed E-state index contributed by atoms with van der Waals surface area (Å²) in [7, 11) is 1.61. The van der Waals surface area contributed by atoms with E-state index in [1.807, 2.05) is 31.2 Å². The van der Waals surface area contributed by atoms with Crippen molar-refractivity contribution in [2.45, 2.75) is 25.8 Å². The van der Waals surface area contributed by atoms with Crippen LogP contribution < -0.4 is 20.7 Å². The Labute approximate surface area is 130 Å². The molecule has 0 aromatic heterocycles. The maximum Gasteiger partial charge on any atom is 0.282 e. The van der Waals surface area contributed by atoms with Crippen LogP contribution in [0.1, 0.15) is 19.8 Å². The predicted octanol–water partition coefficient (Wildman–Crippen LogP) is -0.198. The second kappa shape index (κ2) is 7.26. The number of hydrogen-bond donors (Lipinski definition) is 3. The third-order valence-electron chi connectivity index (χ3n) is 4.39. The van der Waals surface area contributed by atoms with Gasteiger partial charge < -0.3 is 20.7 Å². The van der Waals surface area contributed by atoms with Crippen LogP contribution in [-0.2, 0) is 9.59 Å². The van der Waals surface area contributed by atoms with Crippen molar-refractivity contribution in [2.75, 3.05) is 25.5 Å². The molecule has 120 valence electrons. The summed E-state index contributed by atoms with van der Waals surface area (Å²) in [6.45, 7) is 3.51. The molecule has 2 amide bonds. The molecule has 0 radical (unpaired) electrons. The number of likely N-dealkylation sites (tertiary alicyclic amines) is 1. The molecule has 0 spiro atoms. The van der Waals surface area contributed by atoms with Crippen LogP contribution in [0, 0.1) is 5.92 Å². The number of carbonyl (C=O) groups excluding carboxylic acids is 2. The maximum atomic E-state index is 12.3. The molecule has 1 aliphatic rings. The van der Waals surface area contributed by atoms with Crippen LogP contribution in [0.5, 0.6) is 5.75 Å². The predicted molar refractivity (Wildman–Crippen MR) is 83.7 cm³/mol. The topological polar surface area (TPSA) is 85.9 Å². The molecule has 6 nitrogen and oxygen atoms in total. The highest BCUT2D eigenvalue weighted by Crippen LogP contribution is 2.15. The Morgan fingerprint density at radius 1 is 1.27 bits per heavy atom. The highest BCUT2D eigenvalue weighted by molar-refractivity contribution is 5.93. The second-order valence-electron chi connectivity index (χ2n) is 5.77. The molecule has 0 aliphatic carbocycles. The molecule has 22 heavy (non-hydrogen) atoms. The minimum atomic E-state index is -0.227. The van der Waals surface area contributed by atoms with Gasteiger partial charge in [-0.15, -0.1) is 0 Å². The number of hydrogen-bond acceptors (Lipinski definition) is 3. The molecule has 4 N–H and O–H groups in total. The van der Waals surface area contributed by atoms with E-state index in [-0.39, 0.29) is 23.8 Å². The largest absolute Gasteiger partial charge is 0.497 e. The zero-order valence-corrected chi connectivity index (χ0v) is 13.1. The van der Waals surface area contributed by atoms with E-state index in [2.05, 4.69) is 5.32 Å².